The zero-order valence-corrected chi connectivity index (χ0v) is 11.0. The van der Waals surface area contributed by atoms with Crippen molar-refractivity contribution < 1.29 is 40.9 Å². The second-order valence-corrected chi connectivity index (χ2v) is 3.52. The third-order valence-electron chi connectivity index (χ3n) is 1.98. The predicted octanol–water partition coefficient (Wildman–Crippen LogP) is 1.95. The summed E-state index contributed by atoms with van der Waals surface area (Å²) >= 11 is 0. The van der Waals surface area contributed by atoms with Gasteiger partial charge in [-0.3, -0.25) is 9.59 Å². The first kappa shape index (κ1) is 17.9. The van der Waals surface area contributed by atoms with Crippen molar-refractivity contribution in [3.63, 3.8) is 0 Å². The molecule has 1 saturated carbocycles. The van der Waals surface area contributed by atoms with Gasteiger partial charge in [0.25, 0.3) is 0 Å². The minimum absolute atomic E-state index is 0. The molecule has 0 saturated heterocycles. The summed E-state index contributed by atoms with van der Waals surface area (Å²) in [6.07, 6.45) is 3.15. The number of carboxylic acid groups (broad SMARTS) is 2. The van der Waals surface area contributed by atoms with Gasteiger partial charge in [0.1, 0.15) is 6.42 Å². The van der Waals surface area contributed by atoms with Gasteiger partial charge < -0.3 is 21.7 Å². The van der Waals surface area contributed by atoms with Crippen molar-refractivity contribution in [1.29, 1.82) is 0 Å². The van der Waals surface area contributed by atoms with Gasteiger partial charge >= 0.3 is 33.0 Å². The summed E-state index contributed by atoms with van der Waals surface area (Å²) in [6.45, 7) is 0. The Kier molecular flexibility index (Phi) is 10.9. The van der Waals surface area contributed by atoms with E-state index in [1.165, 1.54) is 0 Å². The van der Waals surface area contributed by atoms with Crippen LogP contribution in [0.15, 0.2) is 0 Å². The molecule has 0 heterocycles. The molecule has 96 valence electrons. The van der Waals surface area contributed by atoms with E-state index in [1.54, 1.807) is 0 Å². The molecule has 0 aromatic carbocycles. The molecule has 7 heteroatoms. The van der Waals surface area contributed by atoms with E-state index in [4.69, 9.17) is 21.7 Å². The smallest absolute Gasteiger partial charge is 0.675 e. The first-order chi connectivity index (χ1) is 6.91. The van der Waals surface area contributed by atoms with Gasteiger partial charge in [-0.25, -0.2) is 0 Å². The first-order valence-electron chi connectivity index (χ1n) is 4.77. The number of carbonyl (C=O) groups is 2. The normalized spacial score (nSPS) is 23.4. The van der Waals surface area contributed by atoms with Crippen LogP contribution in [0.5, 0.6) is 0 Å². The second kappa shape index (κ2) is 9.75. The Morgan fingerprint density at radius 3 is 1.56 bits per heavy atom. The van der Waals surface area contributed by atoms with Crippen molar-refractivity contribution in [3.8, 4) is 0 Å². The summed E-state index contributed by atoms with van der Waals surface area (Å²) in [5.41, 5.74) is 14.6. The van der Waals surface area contributed by atoms with Crippen molar-refractivity contribution in [2.24, 2.45) is 0 Å². The van der Waals surface area contributed by atoms with E-state index in [9.17, 15) is 9.59 Å². The molecule has 0 spiro atoms. The molecule has 16 heavy (non-hydrogen) atoms. The van der Waals surface area contributed by atoms with Crippen molar-refractivity contribution in [2.75, 3.05) is 0 Å². The van der Waals surface area contributed by atoms with Crippen LogP contribution in [0.4, 0.5) is 0 Å². The van der Waals surface area contributed by atoms with Crippen LogP contribution in [-0.4, -0.2) is 34.2 Å². The topological polar surface area (TPSA) is 122 Å². The minimum atomic E-state index is -1.31. The SMILES string of the molecule is O=C(O)CC(=O)O.[NH-]C1CCCC([NH-])C1.[Pt+2]. The average Bonchev–Trinajstić information content (AvgIpc) is 2.01. The van der Waals surface area contributed by atoms with Crippen molar-refractivity contribution >= 4 is 11.9 Å². The molecule has 1 aliphatic carbocycles. The van der Waals surface area contributed by atoms with Crippen LogP contribution in [0.1, 0.15) is 32.1 Å². The third-order valence-corrected chi connectivity index (χ3v) is 1.98. The quantitative estimate of drug-likeness (QED) is 0.675. The largest absolute Gasteiger partial charge is 2.00 e. The van der Waals surface area contributed by atoms with Gasteiger partial charge in [-0.15, -0.1) is 12.1 Å². The van der Waals surface area contributed by atoms with Gasteiger partial charge in [-0.2, -0.15) is 0 Å². The minimum Gasteiger partial charge on any atom is -0.675 e. The molecule has 1 fully saturated rings. The van der Waals surface area contributed by atoms with Gasteiger partial charge in [0.2, 0.25) is 0 Å². The van der Waals surface area contributed by atoms with Crippen LogP contribution in [-0.2, 0) is 30.7 Å². The number of rotatable bonds is 2. The van der Waals surface area contributed by atoms with Crippen LogP contribution >= 0.6 is 0 Å². The molecule has 0 amide bonds. The zero-order chi connectivity index (χ0) is 11.8. The number of hydrogen-bond donors (Lipinski definition) is 2. The Morgan fingerprint density at radius 1 is 1.06 bits per heavy atom. The summed E-state index contributed by atoms with van der Waals surface area (Å²) in [4.78, 5) is 18.9. The Balaban J connectivity index is 0. The van der Waals surface area contributed by atoms with Gasteiger partial charge in [-0.1, -0.05) is 25.7 Å². The molecule has 0 aromatic heterocycles. The second-order valence-electron chi connectivity index (χ2n) is 3.52. The molecule has 1 rings (SSSR count). The summed E-state index contributed by atoms with van der Waals surface area (Å²) in [7, 11) is 0. The maximum Gasteiger partial charge on any atom is 2.00 e. The standard InChI is InChI=1S/C6H12N2.C3H4O4.Pt/c7-5-2-1-3-6(8)4-5;4-2(5)1-3(6)7;/h5-8H,1-4H2;1H2,(H,4,5)(H,6,7);/q-2;;+2. The monoisotopic (exact) mass is 411 g/mol. The van der Waals surface area contributed by atoms with Crippen LogP contribution in [0.2, 0.25) is 0 Å². The molecule has 6 nitrogen and oxygen atoms in total. The van der Waals surface area contributed by atoms with E-state index in [1.807, 2.05) is 0 Å². The maximum absolute atomic E-state index is 9.43. The van der Waals surface area contributed by atoms with Gasteiger partial charge in [0, 0.05) is 0 Å². The predicted molar refractivity (Wildman–Crippen MR) is 54.6 cm³/mol. The van der Waals surface area contributed by atoms with Gasteiger partial charge in [-0.05, 0) is 0 Å². The van der Waals surface area contributed by atoms with Crippen molar-refractivity contribution in [3.05, 3.63) is 11.5 Å². The molecular formula is C9H16N2O4Pt. The molecule has 0 bridgehead atoms. The summed E-state index contributed by atoms with van der Waals surface area (Å²) < 4.78 is 0. The Bertz CT molecular complexity index is 206. The van der Waals surface area contributed by atoms with Crippen LogP contribution in [0, 0.1) is 0 Å². The summed E-state index contributed by atoms with van der Waals surface area (Å²) in [5, 5.41) is 15.4. The fraction of sp³-hybridized carbons (Fsp3) is 0.778. The molecule has 0 aliphatic heterocycles. The van der Waals surface area contributed by atoms with Crippen LogP contribution in [0.3, 0.4) is 0 Å². The molecule has 1 aliphatic rings. The fourth-order valence-electron chi connectivity index (χ4n) is 1.32. The Labute approximate surface area is 109 Å². The number of aliphatic carboxylic acids is 2. The van der Waals surface area contributed by atoms with Gasteiger partial charge in [0.15, 0.2) is 0 Å². The molecule has 4 N–H and O–H groups in total. The fourth-order valence-corrected chi connectivity index (χ4v) is 1.32. The Morgan fingerprint density at radius 2 is 1.44 bits per heavy atom. The number of hydrogen-bond acceptors (Lipinski definition) is 2. The van der Waals surface area contributed by atoms with E-state index in [2.05, 4.69) is 0 Å². The molecule has 0 radical (unpaired) electrons. The summed E-state index contributed by atoms with van der Waals surface area (Å²) in [6, 6.07) is 0.150. The van der Waals surface area contributed by atoms with E-state index < -0.39 is 18.4 Å². The molecular weight excluding hydrogens is 395 g/mol. The summed E-state index contributed by atoms with van der Waals surface area (Å²) in [5.74, 6) is -2.62. The number of carboxylic acids is 2. The number of nitrogens with one attached hydrogen (secondary N) is 2. The third kappa shape index (κ3) is 11.6. The average molecular weight is 411 g/mol. The van der Waals surface area contributed by atoms with E-state index in [0.29, 0.717) is 0 Å². The zero-order valence-electron chi connectivity index (χ0n) is 8.72. The van der Waals surface area contributed by atoms with Crippen LogP contribution < -0.4 is 0 Å². The maximum atomic E-state index is 9.43. The molecule has 2 unspecified atom stereocenters. The van der Waals surface area contributed by atoms with Crippen molar-refractivity contribution in [1.82, 2.24) is 0 Å². The van der Waals surface area contributed by atoms with E-state index in [-0.39, 0.29) is 33.1 Å². The van der Waals surface area contributed by atoms with E-state index in [0.717, 1.165) is 25.7 Å². The van der Waals surface area contributed by atoms with Crippen LogP contribution in [0.25, 0.3) is 11.5 Å². The van der Waals surface area contributed by atoms with Gasteiger partial charge in [0.05, 0.1) is 0 Å². The van der Waals surface area contributed by atoms with Crippen molar-refractivity contribution in [2.45, 2.75) is 44.2 Å². The molecule has 2 atom stereocenters. The first-order valence-corrected chi connectivity index (χ1v) is 4.77. The van der Waals surface area contributed by atoms with E-state index >= 15 is 0 Å². The Hall–Kier alpha value is -0.452. The molecule has 0 aromatic rings.